The van der Waals surface area contributed by atoms with Gasteiger partial charge in [0.2, 0.25) is 0 Å². The molecule has 0 aliphatic carbocycles. The Morgan fingerprint density at radius 3 is 1.68 bits per heavy atom. The molecule has 9 aromatic rings. The van der Waals surface area contributed by atoms with Gasteiger partial charge in [0.25, 0.3) is 0 Å². The Balaban J connectivity index is 1.28. The molecule has 44 heavy (non-hydrogen) atoms. The van der Waals surface area contributed by atoms with Crippen LogP contribution >= 0.6 is 0 Å². The molecule has 0 aliphatic heterocycles. The lowest BCUT2D eigenvalue weighted by atomic mass is 9.86. The number of nitrogens with zero attached hydrogens (tertiary/aromatic N) is 3. The highest BCUT2D eigenvalue weighted by Crippen LogP contribution is 2.43. The van der Waals surface area contributed by atoms with Crippen LogP contribution in [0.4, 0.5) is 0 Å². The van der Waals surface area contributed by atoms with Crippen molar-refractivity contribution >= 4 is 54.1 Å². The summed E-state index contributed by atoms with van der Waals surface area (Å²) >= 11 is 0. The molecular weight excluding hydrogens is 534 g/mol. The molecule has 0 N–H and O–H groups in total. The predicted molar refractivity (Wildman–Crippen MR) is 184 cm³/mol. The van der Waals surface area contributed by atoms with Gasteiger partial charge < -0.3 is 0 Å². The van der Waals surface area contributed by atoms with Gasteiger partial charge in [0.15, 0.2) is 0 Å². The highest BCUT2D eigenvalue weighted by molar-refractivity contribution is 6.21. The second-order valence-electron chi connectivity index (χ2n) is 11.2. The van der Waals surface area contributed by atoms with E-state index in [1.165, 1.54) is 43.4 Å². The molecule has 9 rings (SSSR count). The molecule has 3 nitrogen and oxygen atoms in total. The van der Waals surface area contributed by atoms with Gasteiger partial charge in [-0.3, -0.25) is 4.98 Å². The van der Waals surface area contributed by atoms with E-state index in [1.807, 2.05) is 18.3 Å². The van der Waals surface area contributed by atoms with E-state index >= 15 is 0 Å². The van der Waals surface area contributed by atoms with Crippen molar-refractivity contribution in [3.8, 4) is 33.8 Å². The van der Waals surface area contributed by atoms with E-state index in [0.29, 0.717) is 0 Å². The zero-order chi connectivity index (χ0) is 29.0. The van der Waals surface area contributed by atoms with Gasteiger partial charge in [-0.25, -0.2) is 9.97 Å². The number of pyridine rings is 3. The van der Waals surface area contributed by atoms with Crippen molar-refractivity contribution in [3.05, 3.63) is 152 Å². The third-order valence-electron chi connectivity index (χ3n) is 8.67. The number of benzene rings is 6. The number of hydrogen-bond donors (Lipinski definition) is 0. The van der Waals surface area contributed by atoms with Gasteiger partial charge in [-0.05, 0) is 73.8 Å². The Hall–Kier alpha value is -5.93. The highest BCUT2D eigenvalue weighted by atomic mass is 14.8. The van der Waals surface area contributed by atoms with Gasteiger partial charge in [-0.15, -0.1) is 0 Å². The summed E-state index contributed by atoms with van der Waals surface area (Å²) in [6, 6.07) is 51.4. The molecule has 0 unspecified atom stereocenters. The quantitative estimate of drug-likeness (QED) is 0.160. The Bertz CT molecular complexity index is 2510. The molecule has 0 saturated carbocycles. The summed E-state index contributed by atoms with van der Waals surface area (Å²) in [5, 5.41) is 9.42. The first-order valence-electron chi connectivity index (χ1n) is 14.9. The van der Waals surface area contributed by atoms with Crippen LogP contribution in [-0.4, -0.2) is 15.0 Å². The summed E-state index contributed by atoms with van der Waals surface area (Å²) in [6.45, 7) is 0. The van der Waals surface area contributed by atoms with Gasteiger partial charge >= 0.3 is 0 Å². The van der Waals surface area contributed by atoms with Crippen molar-refractivity contribution in [2.45, 2.75) is 0 Å². The molecule has 0 atom stereocenters. The smallest absolute Gasteiger partial charge is 0.0972 e. The Morgan fingerprint density at radius 1 is 0.341 bits per heavy atom. The van der Waals surface area contributed by atoms with E-state index < -0.39 is 0 Å². The van der Waals surface area contributed by atoms with Gasteiger partial charge in [0.1, 0.15) is 0 Å². The van der Waals surface area contributed by atoms with Gasteiger partial charge in [0, 0.05) is 22.5 Å². The van der Waals surface area contributed by atoms with Crippen LogP contribution in [0.2, 0.25) is 0 Å². The molecule has 0 saturated heterocycles. The van der Waals surface area contributed by atoms with Crippen LogP contribution in [0.1, 0.15) is 0 Å². The average Bonchev–Trinajstić information content (AvgIpc) is 3.10. The molecule has 0 amide bonds. The maximum absolute atomic E-state index is 5.26. The van der Waals surface area contributed by atoms with Crippen molar-refractivity contribution in [1.82, 2.24) is 15.0 Å². The first kappa shape index (κ1) is 24.6. The van der Waals surface area contributed by atoms with Crippen molar-refractivity contribution in [2.75, 3.05) is 0 Å². The summed E-state index contributed by atoms with van der Waals surface area (Å²) in [5.74, 6) is 0. The third kappa shape index (κ3) is 3.87. The number of fused-ring (bicyclic) bond motifs is 6. The van der Waals surface area contributed by atoms with Gasteiger partial charge in [-0.2, -0.15) is 0 Å². The molecule has 3 heterocycles. The van der Waals surface area contributed by atoms with Gasteiger partial charge in [-0.1, -0.05) is 115 Å². The molecule has 6 aromatic carbocycles. The summed E-state index contributed by atoms with van der Waals surface area (Å²) < 4.78 is 0. The largest absolute Gasteiger partial charge is 0.254 e. The van der Waals surface area contributed by atoms with E-state index in [2.05, 4.69) is 138 Å². The third-order valence-corrected chi connectivity index (χ3v) is 8.67. The predicted octanol–water partition coefficient (Wildman–Crippen LogP) is 10.6. The van der Waals surface area contributed by atoms with Gasteiger partial charge in [0.05, 0.1) is 28.1 Å². The van der Waals surface area contributed by atoms with Crippen LogP contribution in [-0.2, 0) is 0 Å². The SMILES string of the molecule is c1cc(-c2ccc3ccc4cccnc4c3n2)nc(-c2c3ccccc3c(-c3ccc4ccccc4c3)c3ccccc23)c1. The molecule has 0 bridgehead atoms. The molecule has 3 heteroatoms. The number of aromatic nitrogens is 3. The van der Waals surface area contributed by atoms with Crippen molar-refractivity contribution in [1.29, 1.82) is 0 Å². The standard InChI is InChI=1S/C41H25N3/c1-2-10-29-25-30(21-18-26(29)9-1)38-31-12-3-5-14-33(31)39(34-15-6-4-13-32(34)38)37-17-7-16-35(43-37)36-23-22-28-20-19-27-11-8-24-42-40(27)41(28)44-36/h1-25H. The lowest BCUT2D eigenvalue weighted by molar-refractivity contribution is 1.28. The topological polar surface area (TPSA) is 38.7 Å². The Kier molecular flexibility index (Phi) is 5.50. The van der Waals surface area contributed by atoms with E-state index in [9.17, 15) is 0 Å². The fourth-order valence-corrected chi connectivity index (χ4v) is 6.64. The minimum atomic E-state index is 0.832. The van der Waals surface area contributed by atoms with E-state index in [-0.39, 0.29) is 0 Å². The number of hydrogen-bond acceptors (Lipinski definition) is 3. The molecule has 0 radical (unpaired) electrons. The normalized spacial score (nSPS) is 11.6. The van der Waals surface area contributed by atoms with E-state index in [4.69, 9.17) is 9.97 Å². The number of rotatable bonds is 3. The maximum Gasteiger partial charge on any atom is 0.0972 e. The van der Waals surface area contributed by atoms with E-state index in [0.717, 1.165) is 44.5 Å². The molecule has 3 aromatic heterocycles. The van der Waals surface area contributed by atoms with Crippen LogP contribution in [0.3, 0.4) is 0 Å². The first-order chi connectivity index (χ1) is 21.8. The summed E-state index contributed by atoms with van der Waals surface area (Å²) in [6.07, 6.45) is 1.83. The van der Waals surface area contributed by atoms with Crippen LogP contribution in [0.25, 0.3) is 87.9 Å². The maximum atomic E-state index is 5.26. The molecule has 0 aliphatic rings. The molecule has 204 valence electrons. The minimum absolute atomic E-state index is 0.832. The molecule has 0 spiro atoms. The summed E-state index contributed by atoms with van der Waals surface area (Å²) in [5.41, 5.74) is 7.99. The van der Waals surface area contributed by atoms with Crippen molar-refractivity contribution < 1.29 is 0 Å². The monoisotopic (exact) mass is 559 g/mol. The Morgan fingerprint density at radius 2 is 0.909 bits per heavy atom. The fourth-order valence-electron chi connectivity index (χ4n) is 6.64. The highest BCUT2D eigenvalue weighted by Gasteiger charge is 2.18. The van der Waals surface area contributed by atoms with Crippen molar-refractivity contribution in [2.24, 2.45) is 0 Å². The second-order valence-corrected chi connectivity index (χ2v) is 11.2. The van der Waals surface area contributed by atoms with Crippen molar-refractivity contribution in [3.63, 3.8) is 0 Å². The van der Waals surface area contributed by atoms with Crippen LogP contribution in [0.5, 0.6) is 0 Å². The first-order valence-corrected chi connectivity index (χ1v) is 14.9. The lowest BCUT2D eigenvalue weighted by Gasteiger charge is -2.18. The second kappa shape index (κ2) is 9.82. The molecule has 0 fully saturated rings. The van der Waals surface area contributed by atoms with Crippen LogP contribution in [0, 0.1) is 0 Å². The summed E-state index contributed by atoms with van der Waals surface area (Å²) in [7, 11) is 0. The average molecular weight is 560 g/mol. The van der Waals surface area contributed by atoms with Crippen LogP contribution in [0.15, 0.2) is 152 Å². The van der Waals surface area contributed by atoms with Crippen LogP contribution < -0.4 is 0 Å². The zero-order valence-electron chi connectivity index (χ0n) is 23.8. The minimum Gasteiger partial charge on any atom is -0.254 e. The molecular formula is C41H25N3. The Labute approximate surface area is 254 Å². The lowest BCUT2D eigenvalue weighted by Crippen LogP contribution is -1.95. The fraction of sp³-hybridized carbons (Fsp3) is 0. The zero-order valence-corrected chi connectivity index (χ0v) is 23.8. The van der Waals surface area contributed by atoms with E-state index in [1.54, 1.807) is 0 Å². The summed E-state index contributed by atoms with van der Waals surface area (Å²) in [4.78, 5) is 15.0.